The molecule has 0 saturated heterocycles. The van der Waals surface area contributed by atoms with Crippen LogP contribution in [0.5, 0.6) is 5.75 Å². The first-order valence-corrected chi connectivity index (χ1v) is 7.55. The predicted octanol–water partition coefficient (Wildman–Crippen LogP) is 4.87. The summed E-state index contributed by atoms with van der Waals surface area (Å²) in [7, 11) is 1.72. The van der Waals surface area contributed by atoms with Crippen LogP contribution in [0.2, 0.25) is 0 Å². The minimum Gasteiger partial charge on any atom is -0.497 e. The van der Waals surface area contributed by atoms with Crippen molar-refractivity contribution in [1.29, 1.82) is 0 Å². The first-order valence-electron chi connectivity index (χ1n) is 5.85. The Morgan fingerprint density at radius 3 is 2.78 bits per heavy atom. The molecular formula is C15H14OS2. The van der Waals surface area contributed by atoms with Crippen molar-refractivity contribution < 1.29 is 4.74 Å². The molecule has 3 aromatic rings. The average molecular weight is 274 g/mol. The van der Waals surface area contributed by atoms with Gasteiger partial charge in [0.1, 0.15) is 5.75 Å². The third kappa shape index (κ3) is 2.16. The summed E-state index contributed by atoms with van der Waals surface area (Å²) in [5.41, 5.74) is 1.40. The first-order chi connectivity index (χ1) is 8.76. The smallest absolute Gasteiger partial charge is 0.119 e. The van der Waals surface area contributed by atoms with Gasteiger partial charge < -0.3 is 4.74 Å². The molecule has 0 aliphatic carbocycles. The van der Waals surface area contributed by atoms with Gasteiger partial charge in [-0.1, -0.05) is 0 Å². The molecule has 0 atom stereocenters. The number of ether oxygens (including phenoxy) is 1. The summed E-state index contributed by atoms with van der Waals surface area (Å²) in [4.78, 5) is 2.80. The lowest BCUT2D eigenvalue weighted by molar-refractivity contribution is 0.415. The van der Waals surface area contributed by atoms with Crippen LogP contribution in [0.1, 0.15) is 15.3 Å². The molecule has 0 saturated carbocycles. The molecule has 1 aromatic carbocycles. The summed E-state index contributed by atoms with van der Waals surface area (Å²) in [6.07, 6.45) is 1.02. The number of hydrogen-bond donors (Lipinski definition) is 0. The Kier molecular flexibility index (Phi) is 3.10. The molecule has 0 N–H and O–H groups in total. The van der Waals surface area contributed by atoms with Crippen molar-refractivity contribution in [2.24, 2.45) is 0 Å². The fourth-order valence-corrected chi connectivity index (χ4v) is 3.95. The highest BCUT2D eigenvalue weighted by atomic mass is 32.1. The Labute approximate surface area is 115 Å². The number of methoxy groups -OCH3 is 1. The van der Waals surface area contributed by atoms with Crippen molar-refractivity contribution in [3.63, 3.8) is 0 Å². The molecule has 1 nitrogen and oxygen atoms in total. The zero-order valence-corrected chi connectivity index (χ0v) is 12.0. The molecule has 0 aliphatic rings. The maximum absolute atomic E-state index is 5.31. The summed E-state index contributed by atoms with van der Waals surface area (Å²) < 4.78 is 6.64. The van der Waals surface area contributed by atoms with E-state index in [0.717, 1.165) is 12.2 Å². The van der Waals surface area contributed by atoms with Gasteiger partial charge in [0.05, 0.1) is 7.11 Å². The fourth-order valence-electron chi connectivity index (χ4n) is 2.09. The van der Waals surface area contributed by atoms with Crippen LogP contribution in [0.15, 0.2) is 35.7 Å². The number of fused-ring (bicyclic) bond motifs is 1. The molecule has 0 bridgehead atoms. The second-order valence-corrected chi connectivity index (χ2v) is 6.60. The van der Waals surface area contributed by atoms with E-state index < -0.39 is 0 Å². The van der Waals surface area contributed by atoms with Crippen LogP contribution >= 0.6 is 22.7 Å². The lowest BCUT2D eigenvalue weighted by Crippen LogP contribution is -1.84. The van der Waals surface area contributed by atoms with E-state index in [9.17, 15) is 0 Å². The van der Waals surface area contributed by atoms with Crippen LogP contribution < -0.4 is 4.74 Å². The highest BCUT2D eigenvalue weighted by Gasteiger charge is 2.07. The van der Waals surface area contributed by atoms with Crippen molar-refractivity contribution in [3.8, 4) is 5.75 Å². The Bertz CT molecular complexity index is 679. The normalized spacial score (nSPS) is 11.0. The highest BCUT2D eigenvalue weighted by Crippen LogP contribution is 2.32. The monoisotopic (exact) mass is 274 g/mol. The Balaban J connectivity index is 2.01. The van der Waals surface area contributed by atoms with Crippen LogP contribution in [0.4, 0.5) is 0 Å². The quantitative estimate of drug-likeness (QED) is 0.662. The van der Waals surface area contributed by atoms with Gasteiger partial charge in [0, 0.05) is 20.9 Å². The number of benzene rings is 1. The van der Waals surface area contributed by atoms with Gasteiger partial charge in [0.25, 0.3) is 0 Å². The number of hydrogen-bond acceptors (Lipinski definition) is 3. The summed E-state index contributed by atoms with van der Waals surface area (Å²) in [5, 5.41) is 3.59. The van der Waals surface area contributed by atoms with Gasteiger partial charge in [-0.3, -0.25) is 0 Å². The summed E-state index contributed by atoms with van der Waals surface area (Å²) in [6.45, 7) is 2.16. The van der Waals surface area contributed by atoms with E-state index >= 15 is 0 Å². The van der Waals surface area contributed by atoms with E-state index in [0.29, 0.717) is 0 Å². The van der Waals surface area contributed by atoms with Crippen molar-refractivity contribution in [1.82, 2.24) is 0 Å². The SMILES string of the molecule is COc1ccc2scc(Cc3ccc(C)s3)c2c1. The maximum atomic E-state index is 5.31. The standard InChI is InChI=1S/C15H14OS2/c1-10-3-5-13(18-10)7-11-9-17-15-6-4-12(16-2)8-14(11)15/h3-6,8-9H,7H2,1-2H3. The van der Waals surface area contributed by atoms with Crippen LogP contribution in [-0.2, 0) is 6.42 Å². The zero-order chi connectivity index (χ0) is 12.5. The molecule has 2 heterocycles. The van der Waals surface area contributed by atoms with Crippen LogP contribution in [0.25, 0.3) is 10.1 Å². The highest BCUT2D eigenvalue weighted by molar-refractivity contribution is 7.17. The topological polar surface area (TPSA) is 9.23 Å². The molecule has 0 fully saturated rings. The molecule has 3 rings (SSSR count). The van der Waals surface area contributed by atoms with Gasteiger partial charge in [-0.05, 0) is 53.6 Å². The summed E-state index contributed by atoms with van der Waals surface area (Å²) in [5.74, 6) is 0.935. The van der Waals surface area contributed by atoms with Gasteiger partial charge in [-0.25, -0.2) is 0 Å². The second-order valence-electron chi connectivity index (χ2n) is 4.31. The Morgan fingerprint density at radius 2 is 2.06 bits per heavy atom. The van der Waals surface area contributed by atoms with E-state index in [2.05, 4.69) is 36.6 Å². The fraction of sp³-hybridized carbons (Fsp3) is 0.200. The predicted molar refractivity (Wildman–Crippen MR) is 80.2 cm³/mol. The third-order valence-corrected chi connectivity index (χ3v) is 5.03. The largest absolute Gasteiger partial charge is 0.497 e. The second kappa shape index (κ2) is 4.75. The molecule has 0 aliphatic heterocycles. The Hall–Kier alpha value is -1.32. The molecule has 3 heteroatoms. The maximum Gasteiger partial charge on any atom is 0.119 e. The van der Waals surface area contributed by atoms with E-state index in [1.54, 1.807) is 7.11 Å². The van der Waals surface area contributed by atoms with Gasteiger partial charge in [-0.2, -0.15) is 0 Å². The first kappa shape index (κ1) is 11.8. The molecular weight excluding hydrogens is 260 g/mol. The Morgan fingerprint density at radius 1 is 1.17 bits per heavy atom. The van der Waals surface area contributed by atoms with E-state index in [-0.39, 0.29) is 0 Å². The van der Waals surface area contributed by atoms with Crippen molar-refractivity contribution in [2.75, 3.05) is 7.11 Å². The molecule has 2 aromatic heterocycles. The van der Waals surface area contributed by atoms with Crippen LogP contribution in [0, 0.1) is 6.92 Å². The minimum atomic E-state index is 0.935. The zero-order valence-electron chi connectivity index (χ0n) is 10.4. The third-order valence-electron chi connectivity index (χ3n) is 3.02. The van der Waals surface area contributed by atoms with Gasteiger partial charge in [0.2, 0.25) is 0 Å². The van der Waals surface area contributed by atoms with Crippen molar-refractivity contribution in [3.05, 3.63) is 51.0 Å². The van der Waals surface area contributed by atoms with Crippen molar-refractivity contribution in [2.45, 2.75) is 13.3 Å². The number of rotatable bonds is 3. The van der Waals surface area contributed by atoms with E-state index in [1.165, 1.54) is 25.4 Å². The molecule has 0 unspecified atom stereocenters. The lowest BCUT2D eigenvalue weighted by atomic mass is 10.1. The molecule has 0 radical (unpaired) electrons. The van der Waals surface area contributed by atoms with Gasteiger partial charge in [0.15, 0.2) is 0 Å². The molecule has 0 spiro atoms. The number of aryl methyl sites for hydroxylation is 1. The van der Waals surface area contributed by atoms with E-state index in [4.69, 9.17) is 4.74 Å². The molecule has 92 valence electrons. The van der Waals surface area contributed by atoms with Crippen LogP contribution in [-0.4, -0.2) is 7.11 Å². The van der Waals surface area contributed by atoms with Crippen LogP contribution in [0.3, 0.4) is 0 Å². The van der Waals surface area contributed by atoms with Crippen molar-refractivity contribution >= 4 is 32.8 Å². The lowest BCUT2D eigenvalue weighted by Gasteiger charge is -2.01. The average Bonchev–Trinajstić information content (AvgIpc) is 2.96. The minimum absolute atomic E-state index is 0.935. The summed E-state index contributed by atoms with van der Waals surface area (Å²) >= 11 is 3.69. The summed E-state index contributed by atoms with van der Waals surface area (Å²) in [6, 6.07) is 10.7. The van der Waals surface area contributed by atoms with Gasteiger partial charge >= 0.3 is 0 Å². The molecule has 18 heavy (non-hydrogen) atoms. The number of thiophene rings is 2. The van der Waals surface area contributed by atoms with E-state index in [1.807, 2.05) is 28.7 Å². The van der Waals surface area contributed by atoms with Gasteiger partial charge in [-0.15, -0.1) is 22.7 Å². The molecule has 0 amide bonds.